The van der Waals surface area contributed by atoms with E-state index in [4.69, 9.17) is 5.73 Å². The number of benzene rings is 1. The maximum absolute atomic E-state index is 11.6. The van der Waals surface area contributed by atoms with Gasteiger partial charge in [-0.05, 0) is 40.5 Å². The van der Waals surface area contributed by atoms with Gasteiger partial charge in [0.25, 0.3) is 5.91 Å². The second-order valence-electron chi connectivity index (χ2n) is 3.49. The molecule has 4 N–H and O–H groups in total. The van der Waals surface area contributed by atoms with Crippen LogP contribution < -0.4 is 11.1 Å². The predicted molar refractivity (Wildman–Crippen MR) is 66.6 cm³/mol. The molecule has 0 aliphatic heterocycles. The molecule has 0 fully saturated rings. The van der Waals surface area contributed by atoms with Crippen molar-refractivity contribution in [2.24, 2.45) is 5.73 Å². The Balaban J connectivity index is 2.47. The van der Waals surface area contributed by atoms with Gasteiger partial charge in [-0.25, -0.2) is 0 Å². The summed E-state index contributed by atoms with van der Waals surface area (Å²) >= 11 is 3.13. The summed E-state index contributed by atoms with van der Waals surface area (Å²) in [7, 11) is 0. The summed E-state index contributed by atoms with van der Waals surface area (Å²) in [6.45, 7) is 0.374. The van der Waals surface area contributed by atoms with Crippen molar-refractivity contribution in [3.8, 4) is 5.75 Å². The van der Waals surface area contributed by atoms with Crippen molar-refractivity contribution in [3.05, 3.63) is 28.2 Å². The number of hydrogen-bond donors (Lipinski definition) is 3. The van der Waals surface area contributed by atoms with Crippen molar-refractivity contribution < 1.29 is 14.7 Å². The van der Waals surface area contributed by atoms with Crippen molar-refractivity contribution >= 4 is 27.7 Å². The average Bonchev–Trinajstić information content (AvgIpc) is 2.27. The number of amides is 2. The number of nitrogens with two attached hydrogens (primary N) is 1. The smallest absolute Gasteiger partial charge is 0.251 e. The van der Waals surface area contributed by atoms with E-state index in [2.05, 4.69) is 21.2 Å². The number of phenols is 1. The molecule has 0 radical (unpaired) electrons. The van der Waals surface area contributed by atoms with Gasteiger partial charge in [-0.15, -0.1) is 0 Å². The summed E-state index contributed by atoms with van der Waals surface area (Å²) in [6.07, 6.45) is 0.745. The maximum Gasteiger partial charge on any atom is 0.251 e. The largest absolute Gasteiger partial charge is 0.507 e. The lowest BCUT2D eigenvalue weighted by Crippen LogP contribution is -2.25. The van der Waals surface area contributed by atoms with Crippen LogP contribution in [0.1, 0.15) is 23.2 Å². The first kappa shape index (κ1) is 13.5. The summed E-state index contributed by atoms with van der Waals surface area (Å²) in [5, 5.41) is 12.0. The van der Waals surface area contributed by atoms with Gasteiger partial charge in [-0.3, -0.25) is 9.59 Å². The maximum atomic E-state index is 11.6. The fraction of sp³-hybridized carbons (Fsp3) is 0.273. The zero-order valence-corrected chi connectivity index (χ0v) is 10.7. The second-order valence-corrected chi connectivity index (χ2v) is 4.35. The SMILES string of the molecule is NC(=O)CCCNC(=O)c1ccc(Br)c(O)c1. The third-order valence-electron chi connectivity index (χ3n) is 2.09. The molecule has 5 nitrogen and oxygen atoms in total. The first-order chi connectivity index (χ1) is 8.00. The number of carbonyl (C=O) groups is 2. The molecule has 0 aliphatic carbocycles. The lowest BCUT2D eigenvalue weighted by molar-refractivity contribution is -0.118. The highest BCUT2D eigenvalue weighted by Gasteiger charge is 2.07. The number of rotatable bonds is 5. The van der Waals surface area contributed by atoms with Crippen LogP contribution in [0.25, 0.3) is 0 Å². The molecule has 17 heavy (non-hydrogen) atoms. The monoisotopic (exact) mass is 300 g/mol. The minimum Gasteiger partial charge on any atom is -0.507 e. The molecule has 0 saturated carbocycles. The van der Waals surface area contributed by atoms with E-state index in [0.29, 0.717) is 23.0 Å². The molecule has 0 heterocycles. The Bertz CT molecular complexity index is 435. The molecule has 1 aromatic rings. The van der Waals surface area contributed by atoms with E-state index in [1.807, 2.05) is 0 Å². The van der Waals surface area contributed by atoms with Gasteiger partial charge in [0.05, 0.1) is 4.47 Å². The lowest BCUT2D eigenvalue weighted by atomic mass is 10.2. The molecule has 0 atom stereocenters. The second kappa shape index (κ2) is 6.24. The highest BCUT2D eigenvalue weighted by atomic mass is 79.9. The van der Waals surface area contributed by atoms with Crippen LogP contribution in [-0.2, 0) is 4.79 Å². The summed E-state index contributed by atoms with van der Waals surface area (Å²) in [5.41, 5.74) is 5.33. The minimum absolute atomic E-state index is 0.00906. The Hall–Kier alpha value is -1.56. The van der Waals surface area contributed by atoms with Gasteiger partial charge in [0.2, 0.25) is 5.91 Å². The highest BCUT2D eigenvalue weighted by Crippen LogP contribution is 2.24. The van der Waals surface area contributed by atoms with Crippen LogP contribution in [0.5, 0.6) is 5.75 Å². The molecule has 1 aromatic carbocycles. The van der Waals surface area contributed by atoms with Crippen LogP contribution in [0, 0.1) is 0 Å². The zero-order chi connectivity index (χ0) is 12.8. The molecule has 0 aromatic heterocycles. The fourth-order valence-electron chi connectivity index (χ4n) is 1.22. The van der Waals surface area contributed by atoms with E-state index in [-0.39, 0.29) is 24.0 Å². The first-order valence-electron chi connectivity index (χ1n) is 5.05. The van der Waals surface area contributed by atoms with Gasteiger partial charge >= 0.3 is 0 Å². The molecule has 92 valence electrons. The van der Waals surface area contributed by atoms with Gasteiger partial charge in [0.1, 0.15) is 5.75 Å². The van der Waals surface area contributed by atoms with Gasteiger partial charge in [0, 0.05) is 18.5 Å². The molecular weight excluding hydrogens is 288 g/mol. The van der Waals surface area contributed by atoms with Crippen molar-refractivity contribution in [1.82, 2.24) is 5.32 Å². The number of hydrogen-bond acceptors (Lipinski definition) is 3. The van der Waals surface area contributed by atoms with Crippen LogP contribution in [0.3, 0.4) is 0 Å². The van der Waals surface area contributed by atoms with Gasteiger partial charge in [-0.1, -0.05) is 0 Å². The molecule has 0 saturated heterocycles. The van der Waals surface area contributed by atoms with Crippen molar-refractivity contribution in [3.63, 3.8) is 0 Å². The Morgan fingerprint density at radius 3 is 2.71 bits per heavy atom. The molecule has 0 bridgehead atoms. The summed E-state index contributed by atoms with van der Waals surface area (Å²) in [5.74, 6) is -0.674. The Kier molecular flexibility index (Phi) is 4.96. The third kappa shape index (κ3) is 4.44. The number of phenolic OH excluding ortho intramolecular Hbond substituents is 1. The van der Waals surface area contributed by atoms with Gasteiger partial charge in [-0.2, -0.15) is 0 Å². The standard InChI is InChI=1S/C11H13BrN2O3/c12-8-4-3-7(6-9(8)15)11(17)14-5-1-2-10(13)16/h3-4,6,15H,1-2,5H2,(H2,13,16)(H,14,17). The van der Waals surface area contributed by atoms with Crippen LogP contribution in [-0.4, -0.2) is 23.5 Å². The quantitative estimate of drug-likeness (QED) is 0.712. The number of aromatic hydroxyl groups is 1. The normalized spacial score (nSPS) is 9.94. The fourth-order valence-corrected chi connectivity index (χ4v) is 1.47. The summed E-state index contributed by atoms with van der Waals surface area (Å²) in [6, 6.07) is 4.55. The molecule has 6 heteroatoms. The van der Waals surface area contributed by atoms with Crippen LogP contribution in [0.2, 0.25) is 0 Å². The molecule has 0 unspecified atom stereocenters. The molecule has 2 amide bonds. The minimum atomic E-state index is -0.388. The topological polar surface area (TPSA) is 92.4 Å². The zero-order valence-electron chi connectivity index (χ0n) is 9.07. The molecular formula is C11H13BrN2O3. The van der Waals surface area contributed by atoms with Gasteiger partial charge < -0.3 is 16.2 Å². The van der Waals surface area contributed by atoms with E-state index < -0.39 is 0 Å². The van der Waals surface area contributed by atoms with Crippen LogP contribution >= 0.6 is 15.9 Å². The van der Waals surface area contributed by atoms with Crippen LogP contribution in [0.15, 0.2) is 22.7 Å². The average molecular weight is 301 g/mol. The van der Waals surface area contributed by atoms with E-state index >= 15 is 0 Å². The highest BCUT2D eigenvalue weighted by molar-refractivity contribution is 9.10. The van der Waals surface area contributed by atoms with E-state index in [0.717, 1.165) is 0 Å². The van der Waals surface area contributed by atoms with Crippen molar-refractivity contribution in [2.75, 3.05) is 6.54 Å². The third-order valence-corrected chi connectivity index (χ3v) is 2.76. The van der Waals surface area contributed by atoms with E-state index in [9.17, 15) is 14.7 Å². The van der Waals surface area contributed by atoms with Crippen molar-refractivity contribution in [1.29, 1.82) is 0 Å². The molecule has 0 aliphatic rings. The molecule has 0 spiro atoms. The summed E-state index contributed by atoms with van der Waals surface area (Å²) in [4.78, 5) is 22.1. The van der Waals surface area contributed by atoms with Crippen molar-refractivity contribution in [2.45, 2.75) is 12.8 Å². The van der Waals surface area contributed by atoms with E-state index in [1.54, 1.807) is 12.1 Å². The first-order valence-corrected chi connectivity index (χ1v) is 5.85. The van der Waals surface area contributed by atoms with E-state index in [1.165, 1.54) is 6.07 Å². The van der Waals surface area contributed by atoms with Crippen LogP contribution in [0.4, 0.5) is 0 Å². The van der Waals surface area contributed by atoms with Gasteiger partial charge in [0.15, 0.2) is 0 Å². The number of carbonyl (C=O) groups excluding carboxylic acids is 2. The molecule has 1 rings (SSSR count). The number of halogens is 1. The predicted octanol–water partition coefficient (Wildman–Crippen LogP) is 1.15. The Morgan fingerprint density at radius 1 is 1.41 bits per heavy atom. The number of primary amides is 1. The Labute approximate surface area is 107 Å². The number of nitrogens with one attached hydrogen (secondary N) is 1. The Morgan fingerprint density at radius 2 is 2.12 bits per heavy atom. The lowest BCUT2D eigenvalue weighted by Gasteiger charge is -2.05. The summed E-state index contributed by atoms with van der Waals surface area (Å²) < 4.78 is 0.530.